The number of rotatable bonds is 5. The fraction of sp³-hybridized carbons (Fsp3) is 0.250. The Morgan fingerprint density at radius 2 is 2.29 bits per heavy atom. The van der Waals surface area contributed by atoms with Crippen LogP contribution in [0.3, 0.4) is 0 Å². The van der Waals surface area contributed by atoms with E-state index in [-0.39, 0.29) is 11.4 Å². The van der Waals surface area contributed by atoms with Crippen molar-refractivity contribution in [2.24, 2.45) is 10.9 Å². The second-order valence-electron chi connectivity index (χ2n) is 3.82. The van der Waals surface area contributed by atoms with E-state index in [0.29, 0.717) is 18.7 Å². The summed E-state index contributed by atoms with van der Waals surface area (Å²) in [5, 5.41) is 14.4. The summed E-state index contributed by atoms with van der Waals surface area (Å²) in [6.07, 6.45) is 0. The summed E-state index contributed by atoms with van der Waals surface area (Å²) in [5.41, 5.74) is 6.90. The zero-order valence-electron chi connectivity index (χ0n) is 9.70. The molecule has 0 bridgehead atoms. The van der Waals surface area contributed by atoms with Crippen molar-refractivity contribution in [1.29, 1.82) is 0 Å². The van der Waals surface area contributed by atoms with Gasteiger partial charge in [-0.2, -0.15) is 0 Å². The Bertz CT molecular complexity index is 443. The lowest BCUT2D eigenvalue weighted by Crippen LogP contribution is -2.19. The molecule has 5 heteroatoms. The van der Waals surface area contributed by atoms with Gasteiger partial charge in [-0.1, -0.05) is 29.4 Å². The molecule has 0 spiro atoms. The molecule has 1 aromatic rings. The highest BCUT2D eigenvalue weighted by atomic mass is 19.1. The summed E-state index contributed by atoms with van der Waals surface area (Å²) in [6, 6.07) is 4.77. The number of hydrogen-bond acceptors (Lipinski definition) is 3. The minimum atomic E-state index is -0.475. The summed E-state index contributed by atoms with van der Waals surface area (Å²) >= 11 is 0. The molecule has 1 aromatic carbocycles. The van der Waals surface area contributed by atoms with Gasteiger partial charge in [-0.25, -0.2) is 4.39 Å². The van der Waals surface area contributed by atoms with Gasteiger partial charge in [0.15, 0.2) is 5.84 Å². The predicted molar refractivity (Wildman–Crippen MR) is 65.4 cm³/mol. The zero-order chi connectivity index (χ0) is 12.8. The van der Waals surface area contributed by atoms with Crippen LogP contribution in [0.4, 0.5) is 4.39 Å². The van der Waals surface area contributed by atoms with Crippen LogP contribution in [0.15, 0.2) is 35.5 Å². The molecule has 92 valence electrons. The van der Waals surface area contributed by atoms with Gasteiger partial charge in [0.05, 0.1) is 5.56 Å². The Hall–Kier alpha value is -1.88. The van der Waals surface area contributed by atoms with Crippen LogP contribution >= 0.6 is 0 Å². The maximum atomic E-state index is 13.9. The standard InChI is InChI=1S/C12H16FN3O/c1-8(2)6-15-7-9-4-3-5-10(11(9)13)12(14)16-17/h3-5,15,17H,1,6-7H2,2H3,(H2,14,16). The van der Waals surface area contributed by atoms with Crippen LogP contribution in [0.1, 0.15) is 18.1 Å². The first-order valence-corrected chi connectivity index (χ1v) is 5.16. The summed E-state index contributed by atoms with van der Waals surface area (Å²) in [6.45, 7) is 6.61. The second-order valence-corrected chi connectivity index (χ2v) is 3.82. The van der Waals surface area contributed by atoms with Gasteiger partial charge in [0, 0.05) is 18.7 Å². The Morgan fingerprint density at radius 3 is 2.88 bits per heavy atom. The first-order chi connectivity index (χ1) is 8.06. The lowest BCUT2D eigenvalue weighted by Gasteiger charge is -2.08. The fourth-order valence-corrected chi connectivity index (χ4v) is 1.38. The molecular formula is C12H16FN3O. The average molecular weight is 237 g/mol. The Balaban J connectivity index is 2.83. The quantitative estimate of drug-likeness (QED) is 0.239. The molecule has 0 unspecified atom stereocenters. The number of halogens is 1. The lowest BCUT2D eigenvalue weighted by molar-refractivity contribution is 0.318. The van der Waals surface area contributed by atoms with E-state index in [4.69, 9.17) is 10.9 Å². The molecule has 0 saturated heterocycles. The Morgan fingerprint density at radius 1 is 1.59 bits per heavy atom. The van der Waals surface area contributed by atoms with Crippen molar-refractivity contribution in [2.75, 3.05) is 6.54 Å². The van der Waals surface area contributed by atoms with Crippen molar-refractivity contribution in [1.82, 2.24) is 5.32 Å². The molecule has 0 heterocycles. The van der Waals surface area contributed by atoms with Gasteiger partial charge >= 0.3 is 0 Å². The van der Waals surface area contributed by atoms with Crippen LogP contribution < -0.4 is 11.1 Å². The number of nitrogens with two attached hydrogens (primary N) is 1. The van der Waals surface area contributed by atoms with Crippen LogP contribution in [0.2, 0.25) is 0 Å². The highest BCUT2D eigenvalue weighted by Gasteiger charge is 2.10. The van der Waals surface area contributed by atoms with Gasteiger partial charge < -0.3 is 16.3 Å². The van der Waals surface area contributed by atoms with E-state index in [1.54, 1.807) is 12.1 Å². The fourth-order valence-electron chi connectivity index (χ4n) is 1.38. The highest BCUT2D eigenvalue weighted by molar-refractivity contribution is 5.97. The summed E-state index contributed by atoms with van der Waals surface area (Å²) < 4.78 is 13.9. The average Bonchev–Trinajstić information content (AvgIpc) is 2.30. The van der Waals surface area contributed by atoms with Crippen molar-refractivity contribution in [3.05, 3.63) is 47.3 Å². The van der Waals surface area contributed by atoms with Crippen molar-refractivity contribution >= 4 is 5.84 Å². The summed E-state index contributed by atoms with van der Waals surface area (Å²) in [5.74, 6) is -0.707. The molecule has 0 aliphatic rings. The molecule has 1 rings (SSSR count). The van der Waals surface area contributed by atoms with E-state index >= 15 is 0 Å². The number of hydrogen-bond donors (Lipinski definition) is 3. The largest absolute Gasteiger partial charge is 0.409 e. The Kier molecular flexibility index (Phi) is 4.66. The van der Waals surface area contributed by atoms with Crippen molar-refractivity contribution in [2.45, 2.75) is 13.5 Å². The van der Waals surface area contributed by atoms with Crippen LogP contribution in [0, 0.1) is 5.82 Å². The third kappa shape index (κ3) is 3.57. The molecule has 0 saturated carbocycles. The third-order valence-corrected chi connectivity index (χ3v) is 2.20. The number of benzene rings is 1. The molecule has 17 heavy (non-hydrogen) atoms. The second kappa shape index (κ2) is 6.00. The summed E-state index contributed by atoms with van der Waals surface area (Å²) in [4.78, 5) is 0. The molecule has 0 aromatic heterocycles. The van der Waals surface area contributed by atoms with E-state index in [1.807, 2.05) is 6.92 Å². The number of nitrogens with one attached hydrogen (secondary N) is 1. The van der Waals surface area contributed by atoms with E-state index < -0.39 is 5.82 Å². The lowest BCUT2D eigenvalue weighted by atomic mass is 10.1. The van der Waals surface area contributed by atoms with Crippen LogP contribution in [0.25, 0.3) is 0 Å². The van der Waals surface area contributed by atoms with Gasteiger partial charge in [0.25, 0.3) is 0 Å². The zero-order valence-corrected chi connectivity index (χ0v) is 9.70. The molecule has 4 N–H and O–H groups in total. The van der Waals surface area contributed by atoms with Crippen molar-refractivity contribution in [3.63, 3.8) is 0 Å². The van der Waals surface area contributed by atoms with E-state index in [2.05, 4.69) is 17.1 Å². The van der Waals surface area contributed by atoms with Crippen LogP contribution in [0.5, 0.6) is 0 Å². The predicted octanol–water partition coefficient (Wildman–Crippen LogP) is 1.59. The maximum Gasteiger partial charge on any atom is 0.173 e. The van der Waals surface area contributed by atoms with Gasteiger partial charge in [0.2, 0.25) is 0 Å². The molecule has 0 atom stereocenters. The van der Waals surface area contributed by atoms with E-state index in [1.165, 1.54) is 6.07 Å². The molecule has 0 radical (unpaired) electrons. The smallest absolute Gasteiger partial charge is 0.173 e. The molecule has 0 aliphatic heterocycles. The number of amidine groups is 1. The molecule has 0 fully saturated rings. The van der Waals surface area contributed by atoms with Crippen LogP contribution in [-0.4, -0.2) is 17.6 Å². The van der Waals surface area contributed by atoms with Crippen LogP contribution in [-0.2, 0) is 6.54 Å². The van der Waals surface area contributed by atoms with Gasteiger partial charge in [0.1, 0.15) is 5.82 Å². The maximum absolute atomic E-state index is 13.9. The SMILES string of the molecule is C=C(C)CNCc1cccc(/C(N)=N/O)c1F. The summed E-state index contributed by atoms with van der Waals surface area (Å²) in [7, 11) is 0. The highest BCUT2D eigenvalue weighted by Crippen LogP contribution is 2.12. The van der Waals surface area contributed by atoms with E-state index in [9.17, 15) is 4.39 Å². The topological polar surface area (TPSA) is 70.6 Å². The Labute approximate surface area is 99.6 Å². The van der Waals surface area contributed by atoms with Crippen molar-refractivity contribution in [3.8, 4) is 0 Å². The molecule has 4 nitrogen and oxygen atoms in total. The van der Waals surface area contributed by atoms with Gasteiger partial charge in [-0.15, -0.1) is 0 Å². The minimum absolute atomic E-state index is 0.0992. The number of nitrogens with zero attached hydrogens (tertiary/aromatic N) is 1. The third-order valence-electron chi connectivity index (χ3n) is 2.20. The van der Waals surface area contributed by atoms with E-state index in [0.717, 1.165) is 5.57 Å². The normalized spacial score (nSPS) is 11.5. The van der Waals surface area contributed by atoms with Crippen molar-refractivity contribution < 1.29 is 9.60 Å². The molecular weight excluding hydrogens is 221 g/mol. The van der Waals surface area contributed by atoms with Gasteiger partial charge in [-0.05, 0) is 13.0 Å². The molecule has 0 amide bonds. The molecule has 0 aliphatic carbocycles. The minimum Gasteiger partial charge on any atom is -0.409 e. The number of oxime groups is 1. The monoisotopic (exact) mass is 237 g/mol. The first kappa shape index (κ1) is 13.2. The first-order valence-electron chi connectivity index (χ1n) is 5.16. The van der Waals surface area contributed by atoms with Gasteiger partial charge in [-0.3, -0.25) is 0 Å².